The normalized spacial score (nSPS) is 17.1. The van der Waals surface area contributed by atoms with E-state index in [2.05, 4.69) is 29.6 Å². The zero-order valence-electron chi connectivity index (χ0n) is 16.0. The van der Waals surface area contributed by atoms with Gasteiger partial charge in [-0.3, -0.25) is 4.79 Å². The summed E-state index contributed by atoms with van der Waals surface area (Å²) in [5, 5.41) is 2.93. The smallest absolute Gasteiger partial charge is 0.248 e. The first-order valence-electron chi connectivity index (χ1n) is 9.86. The Morgan fingerprint density at radius 2 is 1.93 bits per heavy atom. The quantitative estimate of drug-likeness (QED) is 0.676. The summed E-state index contributed by atoms with van der Waals surface area (Å²) in [7, 11) is 0. The van der Waals surface area contributed by atoms with E-state index in [1.807, 2.05) is 30.3 Å². The molecule has 3 rings (SSSR count). The Kier molecular flexibility index (Phi) is 7.43. The third kappa shape index (κ3) is 5.91. The van der Waals surface area contributed by atoms with Crippen LogP contribution in [0.4, 0.5) is 0 Å². The maximum absolute atomic E-state index is 12.1. The number of amides is 1. The number of ether oxygens (including phenoxy) is 2. The van der Waals surface area contributed by atoms with Gasteiger partial charge in [-0.25, -0.2) is 0 Å². The summed E-state index contributed by atoms with van der Waals surface area (Å²) in [4.78, 5) is 12.1. The van der Waals surface area contributed by atoms with Gasteiger partial charge >= 0.3 is 0 Å². The van der Waals surface area contributed by atoms with Crippen LogP contribution in [0.5, 0.6) is 0 Å². The summed E-state index contributed by atoms with van der Waals surface area (Å²) in [6.45, 7) is 3.48. The van der Waals surface area contributed by atoms with E-state index in [9.17, 15) is 4.79 Å². The van der Waals surface area contributed by atoms with Gasteiger partial charge < -0.3 is 14.8 Å². The van der Waals surface area contributed by atoms with Crippen LogP contribution in [0, 0.1) is 0 Å². The molecule has 4 heteroatoms. The average molecular weight is 367 g/mol. The summed E-state index contributed by atoms with van der Waals surface area (Å²) < 4.78 is 11.7. The fourth-order valence-corrected chi connectivity index (χ4v) is 3.41. The van der Waals surface area contributed by atoms with E-state index < -0.39 is 6.10 Å². The van der Waals surface area contributed by atoms with Crippen molar-refractivity contribution in [3.8, 4) is 0 Å². The van der Waals surface area contributed by atoms with Crippen LogP contribution in [0.25, 0.3) is 0 Å². The van der Waals surface area contributed by atoms with Crippen molar-refractivity contribution in [1.82, 2.24) is 5.32 Å². The van der Waals surface area contributed by atoms with E-state index in [4.69, 9.17) is 9.47 Å². The van der Waals surface area contributed by atoms with Gasteiger partial charge in [0.25, 0.3) is 0 Å². The second kappa shape index (κ2) is 10.2. The van der Waals surface area contributed by atoms with Crippen molar-refractivity contribution in [3.63, 3.8) is 0 Å². The molecule has 144 valence electrons. The van der Waals surface area contributed by atoms with Crippen LogP contribution in [0.2, 0.25) is 0 Å². The molecule has 0 radical (unpaired) electrons. The minimum atomic E-state index is -0.462. The Hall–Kier alpha value is -2.17. The molecule has 4 nitrogen and oxygen atoms in total. The number of carbonyl (C=O) groups is 1. The van der Waals surface area contributed by atoms with Crippen molar-refractivity contribution >= 4 is 5.91 Å². The Balaban J connectivity index is 1.31. The lowest BCUT2D eigenvalue weighted by Crippen LogP contribution is -2.35. The highest BCUT2D eigenvalue weighted by Gasteiger charge is 2.20. The molecular weight excluding hydrogens is 338 g/mol. The van der Waals surface area contributed by atoms with Crippen LogP contribution >= 0.6 is 0 Å². The molecule has 0 bridgehead atoms. The fourth-order valence-electron chi connectivity index (χ4n) is 3.41. The Morgan fingerprint density at radius 3 is 2.78 bits per heavy atom. The second-order valence-corrected chi connectivity index (χ2v) is 7.03. The van der Waals surface area contributed by atoms with Crippen LogP contribution < -0.4 is 5.32 Å². The van der Waals surface area contributed by atoms with E-state index in [1.54, 1.807) is 6.92 Å². The standard InChI is InChI=1S/C23H29NO3/c1-18(27-17-19-9-3-2-4-10-19)23(25)24-15-8-16-26-22-14-7-12-20-11-5-6-13-21(20)22/h2-6,9-11,13,18,22H,7-8,12,14-17H2,1H3,(H,24,25). The summed E-state index contributed by atoms with van der Waals surface area (Å²) in [5.74, 6) is -0.0751. The Morgan fingerprint density at radius 1 is 1.15 bits per heavy atom. The van der Waals surface area contributed by atoms with Gasteiger partial charge in [0.15, 0.2) is 0 Å². The molecule has 0 fully saturated rings. The van der Waals surface area contributed by atoms with Crippen molar-refractivity contribution < 1.29 is 14.3 Å². The topological polar surface area (TPSA) is 47.6 Å². The molecule has 1 aliphatic rings. The van der Waals surface area contributed by atoms with Gasteiger partial charge in [0.2, 0.25) is 5.91 Å². The lowest BCUT2D eigenvalue weighted by atomic mass is 9.89. The van der Waals surface area contributed by atoms with Crippen LogP contribution in [0.15, 0.2) is 54.6 Å². The molecule has 1 aliphatic carbocycles. The number of benzene rings is 2. The molecule has 2 unspecified atom stereocenters. The molecule has 0 heterocycles. The molecule has 0 saturated carbocycles. The maximum Gasteiger partial charge on any atom is 0.248 e. The molecule has 1 N–H and O–H groups in total. The summed E-state index contributed by atoms with van der Waals surface area (Å²) >= 11 is 0. The van der Waals surface area contributed by atoms with E-state index in [0.717, 1.165) is 24.8 Å². The van der Waals surface area contributed by atoms with E-state index >= 15 is 0 Å². The van der Waals surface area contributed by atoms with Crippen LogP contribution in [-0.4, -0.2) is 25.2 Å². The summed E-state index contributed by atoms with van der Waals surface area (Å²) in [6, 6.07) is 18.4. The van der Waals surface area contributed by atoms with E-state index in [1.165, 1.54) is 17.5 Å². The summed E-state index contributed by atoms with van der Waals surface area (Å²) in [6.07, 6.45) is 3.93. The largest absolute Gasteiger partial charge is 0.373 e. The van der Waals surface area contributed by atoms with Gasteiger partial charge in [0.1, 0.15) is 6.10 Å². The minimum Gasteiger partial charge on any atom is -0.373 e. The molecule has 0 aromatic heterocycles. The van der Waals surface area contributed by atoms with Crippen molar-refractivity contribution in [3.05, 3.63) is 71.3 Å². The maximum atomic E-state index is 12.1. The zero-order chi connectivity index (χ0) is 18.9. The SMILES string of the molecule is CC(OCc1ccccc1)C(=O)NCCCOC1CCCc2ccccc21. The van der Waals surface area contributed by atoms with Gasteiger partial charge in [0.05, 0.1) is 12.7 Å². The molecule has 2 aromatic carbocycles. The van der Waals surface area contributed by atoms with Gasteiger partial charge in [-0.1, -0.05) is 54.6 Å². The molecule has 0 aliphatic heterocycles. The predicted molar refractivity (Wildman–Crippen MR) is 106 cm³/mol. The number of aryl methyl sites for hydroxylation is 1. The third-order valence-electron chi connectivity index (χ3n) is 4.97. The highest BCUT2D eigenvalue weighted by molar-refractivity contribution is 5.80. The first kappa shape index (κ1) is 19.6. The predicted octanol–water partition coefficient (Wildman–Crippen LogP) is 4.19. The van der Waals surface area contributed by atoms with E-state index in [-0.39, 0.29) is 12.0 Å². The van der Waals surface area contributed by atoms with Gasteiger partial charge in [-0.05, 0) is 49.3 Å². The molecule has 1 amide bonds. The number of fused-ring (bicyclic) bond motifs is 1. The van der Waals surface area contributed by atoms with E-state index in [0.29, 0.717) is 19.8 Å². The highest BCUT2D eigenvalue weighted by Crippen LogP contribution is 2.32. The van der Waals surface area contributed by atoms with Gasteiger partial charge in [-0.15, -0.1) is 0 Å². The molecule has 2 aromatic rings. The minimum absolute atomic E-state index is 0.0751. The molecule has 0 spiro atoms. The number of carbonyl (C=O) groups excluding carboxylic acids is 1. The second-order valence-electron chi connectivity index (χ2n) is 7.03. The van der Waals surface area contributed by atoms with Crippen molar-refractivity contribution in [2.45, 2.75) is 51.4 Å². The molecular formula is C23H29NO3. The first-order valence-corrected chi connectivity index (χ1v) is 9.86. The van der Waals surface area contributed by atoms with Gasteiger partial charge in [0, 0.05) is 13.2 Å². The fraction of sp³-hybridized carbons (Fsp3) is 0.435. The average Bonchev–Trinajstić information content (AvgIpc) is 2.72. The first-order chi connectivity index (χ1) is 13.2. The number of hydrogen-bond acceptors (Lipinski definition) is 3. The molecule has 2 atom stereocenters. The third-order valence-corrected chi connectivity index (χ3v) is 4.97. The zero-order valence-corrected chi connectivity index (χ0v) is 16.0. The molecule has 0 saturated heterocycles. The Labute approximate surface area is 161 Å². The van der Waals surface area contributed by atoms with Crippen molar-refractivity contribution in [2.75, 3.05) is 13.2 Å². The lowest BCUT2D eigenvalue weighted by Gasteiger charge is -2.25. The monoisotopic (exact) mass is 367 g/mol. The van der Waals surface area contributed by atoms with Crippen LogP contribution in [0.3, 0.4) is 0 Å². The van der Waals surface area contributed by atoms with Crippen LogP contribution in [-0.2, 0) is 27.3 Å². The van der Waals surface area contributed by atoms with Crippen molar-refractivity contribution in [1.29, 1.82) is 0 Å². The molecule has 27 heavy (non-hydrogen) atoms. The Bertz CT molecular complexity index is 717. The highest BCUT2D eigenvalue weighted by atomic mass is 16.5. The van der Waals surface area contributed by atoms with Crippen molar-refractivity contribution in [2.24, 2.45) is 0 Å². The summed E-state index contributed by atoms with van der Waals surface area (Å²) in [5.41, 5.74) is 3.81. The number of rotatable bonds is 9. The van der Waals surface area contributed by atoms with Crippen LogP contribution in [0.1, 0.15) is 49.0 Å². The van der Waals surface area contributed by atoms with Gasteiger partial charge in [-0.2, -0.15) is 0 Å². The lowest BCUT2D eigenvalue weighted by molar-refractivity contribution is -0.132. The number of nitrogens with one attached hydrogen (secondary N) is 1. The number of hydrogen-bond donors (Lipinski definition) is 1.